The molecule has 2 aromatic heterocycles. The van der Waals surface area contributed by atoms with Gasteiger partial charge in [-0.1, -0.05) is 0 Å². The minimum atomic E-state index is -0.401. The number of aromatic nitrogens is 2. The zero-order valence-corrected chi connectivity index (χ0v) is 17.9. The molecule has 0 spiro atoms. The molecule has 0 aliphatic carbocycles. The van der Waals surface area contributed by atoms with Crippen LogP contribution in [0.2, 0.25) is 0 Å². The van der Waals surface area contributed by atoms with E-state index in [1.165, 1.54) is 0 Å². The normalized spacial score (nSPS) is 18.5. The van der Waals surface area contributed by atoms with Gasteiger partial charge in [-0.2, -0.15) is 0 Å². The van der Waals surface area contributed by atoms with E-state index < -0.39 is 11.1 Å². The highest BCUT2D eigenvalue weighted by Gasteiger charge is 2.37. The molecule has 0 N–H and O–H groups in total. The summed E-state index contributed by atoms with van der Waals surface area (Å²) in [5.41, 5.74) is 3.76. The number of aryl methyl sites for hydroxylation is 1. The SMILES string of the molecule is Cc1cc(C=C2SC(=O)N(CC(=O)N3CCCCC3)C2=O)c(C)n1-c1cccnc1. The largest absolute Gasteiger partial charge is 0.341 e. The molecule has 0 aromatic carbocycles. The quantitative estimate of drug-likeness (QED) is 0.702. The van der Waals surface area contributed by atoms with Crippen LogP contribution in [0.4, 0.5) is 4.79 Å². The van der Waals surface area contributed by atoms with Crippen LogP contribution in [0.1, 0.15) is 36.2 Å². The Labute approximate surface area is 179 Å². The van der Waals surface area contributed by atoms with Gasteiger partial charge in [0.2, 0.25) is 5.91 Å². The van der Waals surface area contributed by atoms with Gasteiger partial charge >= 0.3 is 0 Å². The molecule has 2 aromatic rings. The average Bonchev–Trinajstić information content (AvgIpc) is 3.18. The summed E-state index contributed by atoms with van der Waals surface area (Å²) in [6, 6.07) is 5.82. The van der Waals surface area contributed by atoms with Crippen molar-refractivity contribution in [1.82, 2.24) is 19.4 Å². The van der Waals surface area contributed by atoms with Crippen molar-refractivity contribution in [2.45, 2.75) is 33.1 Å². The number of pyridine rings is 1. The van der Waals surface area contributed by atoms with Crippen LogP contribution < -0.4 is 0 Å². The van der Waals surface area contributed by atoms with Crippen molar-refractivity contribution in [2.75, 3.05) is 19.6 Å². The van der Waals surface area contributed by atoms with Crippen molar-refractivity contribution in [3.05, 3.63) is 52.4 Å². The Balaban J connectivity index is 1.54. The van der Waals surface area contributed by atoms with Crippen molar-refractivity contribution >= 4 is 34.9 Å². The Morgan fingerprint density at radius 3 is 2.67 bits per heavy atom. The van der Waals surface area contributed by atoms with Crippen LogP contribution in [0.5, 0.6) is 0 Å². The molecule has 0 radical (unpaired) electrons. The number of nitrogens with zero attached hydrogens (tertiary/aromatic N) is 4. The van der Waals surface area contributed by atoms with Crippen molar-refractivity contribution in [3.8, 4) is 5.69 Å². The lowest BCUT2D eigenvalue weighted by atomic mass is 10.1. The first kappa shape index (κ1) is 20.4. The van der Waals surface area contributed by atoms with E-state index in [0.717, 1.165) is 58.6 Å². The molecule has 156 valence electrons. The zero-order chi connectivity index (χ0) is 21.3. The third-order valence-electron chi connectivity index (χ3n) is 5.54. The number of imide groups is 1. The lowest BCUT2D eigenvalue weighted by molar-refractivity contribution is -0.136. The number of carbonyl (C=O) groups excluding carboxylic acids is 3. The molecule has 7 nitrogen and oxygen atoms in total. The summed E-state index contributed by atoms with van der Waals surface area (Å²) < 4.78 is 2.06. The first-order valence-electron chi connectivity index (χ1n) is 10.1. The van der Waals surface area contributed by atoms with E-state index in [9.17, 15) is 14.4 Å². The van der Waals surface area contributed by atoms with E-state index in [1.54, 1.807) is 23.4 Å². The number of hydrogen-bond donors (Lipinski definition) is 0. The molecule has 0 unspecified atom stereocenters. The molecule has 3 amide bonds. The van der Waals surface area contributed by atoms with Crippen molar-refractivity contribution in [3.63, 3.8) is 0 Å². The van der Waals surface area contributed by atoms with Crippen molar-refractivity contribution in [2.24, 2.45) is 0 Å². The molecule has 30 heavy (non-hydrogen) atoms. The highest BCUT2D eigenvalue weighted by molar-refractivity contribution is 8.18. The summed E-state index contributed by atoms with van der Waals surface area (Å²) in [6.07, 6.45) is 8.31. The monoisotopic (exact) mass is 424 g/mol. The second-order valence-corrected chi connectivity index (χ2v) is 8.58. The van der Waals surface area contributed by atoms with E-state index in [4.69, 9.17) is 0 Å². The van der Waals surface area contributed by atoms with E-state index >= 15 is 0 Å². The number of amides is 3. The molecule has 8 heteroatoms. The predicted molar refractivity (Wildman–Crippen MR) is 116 cm³/mol. The Kier molecular flexibility index (Phi) is 5.76. The van der Waals surface area contributed by atoms with Gasteiger partial charge in [-0.15, -0.1) is 0 Å². The second-order valence-electron chi connectivity index (χ2n) is 7.58. The molecule has 2 aliphatic rings. The maximum Gasteiger partial charge on any atom is 0.294 e. The molecule has 2 aliphatic heterocycles. The second kappa shape index (κ2) is 8.47. The van der Waals surface area contributed by atoms with Gasteiger partial charge in [-0.3, -0.25) is 24.3 Å². The van der Waals surface area contributed by atoms with Gasteiger partial charge in [0, 0.05) is 30.7 Å². The predicted octanol–water partition coefficient (Wildman–Crippen LogP) is 3.54. The molecular formula is C22H24N4O3S. The third-order valence-corrected chi connectivity index (χ3v) is 6.44. The van der Waals surface area contributed by atoms with Crippen LogP contribution in [0.25, 0.3) is 11.8 Å². The number of hydrogen-bond acceptors (Lipinski definition) is 5. The number of rotatable bonds is 4. The Bertz CT molecular complexity index is 1020. The minimum Gasteiger partial charge on any atom is -0.341 e. The summed E-state index contributed by atoms with van der Waals surface area (Å²) in [6.45, 7) is 5.17. The first-order chi connectivity index (χ1) is 14.5. The van der Waals surface area contributed by atoms with Gasteiger partial charge in [0.1, 0.15) is 6.54 Å². The van der Waals surface area contributed by atoms with Crippen LogP contribution >= 0.6 is 11.8 Å². The fourth-order valence-electron chi connectivity index (χ4n) is 3.97. The van der Waals surface area contributed by atoms with Crippen molar-refractivity contribution in [1.29, 1.82) is 0 Å². The van der Waals surface area contributed by atoms with Crippen LogP contribution in [-0.4, -0.2) is 56.0 Å². The van der Waals surface area contributed by atoms with Crippen LogP contribution in [0.3, 0.4) is 0 Å². The maximum atomic E-state index is 12.8. The summed E-state index contributed by atoms with van der Waals surface area (Å²) in [5.74, 6) is -0.561. The summed E-state index contributed by atoms with van der Waals surface area (Å²) in [4.78, 5) is 45.1. The molecule has 2 fully saturated rings. The van der Waals surface area contributed by atoms with E-state index in [-0.39, 0.29) is 12.5 Å². The van der Waals surface area contributed by atoms with Crippen LogP contribution in [0, 0.1) is 13.8 Å². The average molecular weight is 425 g/mol. The van der Waals surface area contributed by atoms with Gasteiger partial charge < -0.3 is 9.47 Å². The molecular weight excluding hydrogens is 400 g/mol. The Hall–Kier alpha value is -2.87. The van der Waals surface area contributed by atoms with Gasteiger partial charge in [0.05, 0.1) is 16.8 Å². The summed E-state index contributed by atoms with van der Waals surface area (Å²) in [7, 11) is 0. The third kappa shape index (κ3) is 3.92. The van der Waals surface area contributed by atoms with Crippen LogP contribution in [0.15, 0.2) is 35.5 Å². The molecule has 4 rings (SSSR count). The first-order valence-corrected chi connectivity index (χ1v) is 10.9. The minimum absolute atomic E-state index is 0.159. The summed E-state index contributed by atoms with van der Waals surface area (Å²) >= 11 is 0.891. The smallest absolute Gasteiger partial charge is 0.294 e. The van der Waals surface area contributed by atoms with E-state index in [0.29, 0.717) is 18.0 Å². The zero-order valence-electron chi connectivity index (χ0n) is 17.1. The van der Waals surface area contributed by atoms with Gasteiger partial charge in [0.25, 0.3) is 11.1 Å². The maximum absolute atomic E-state index is 12.8. The topological polar surface area (TPSA) is 75.5 Å². The number of carbonyl (C=O) groups is 3. The molecule has 4 heterocycles. The number of piperidine rings is 1. The number of likely N-dealkylation sites (tertiary alicyclic amines) is 1. The molecule has 2 saturated heterocycles. The Morgan fingerprint density at radius 1 is 1.20 bits per heavy atom. The molecule has 0 saturated carbocycles. The van der Waals surface area contributed by atoms with Gasteiger partial charge in [-0.05, 0) is 74.7 Å². The van der Waals surface area contributed by atoms with Crippen molar-refractivity contribution < 1.29 is 14.4 Å². The highest BCUT2D eigenvalue weighted by atomic mass is 32.2. The highest BCUT2D eigenvalue weighted by Crippen LogP contribution is 2.33. The fraction of sp³-hybridized carbons (Fsp3) is 0.364. The van der Waals surface area contributed by atoms with Crippen LogP contribution in [-0.2, 0) is 9.59 Å². The van der Waals surface area contributed by atoms with Gasteiger partial charge in [0.15, 0.2) is 0 Å². The lowest BCUT2D eigenvalue weighted by Crippen LogP contribution is -2.44. The lowest BCUT2D eigenvalue weighted by Gasteiger charge is -2.27. The van der Waals surface area contributed by atoms with E-state index in [1.807, 2.05) is 32.0 Å². The summed E-state index contributed by atoms with van der Waals surface area (Å²) in [5, 5.41) is -0.391. The van der Waals surface area contributed by atoms with Gasteiger partial charge in [-0.25, -0.2) is 0 Å². The standard InChI is InChI=1S/C22H24N4O3S/c1-15-11-17(16(2)26(15)18-7-6-8-23-13-18)12-19-21(28)25(22(29)30-19)14-20(27)24-9-4-3-5-10-24/h6-8,11-13H,3-5,9-10,14H2,1-2H3. The van der Waals surface area contributed by atoms with E-state index in [2.05, 4.69) is 9.55 Å². The molecule has 0 atom stereocenters. The number of thioether (sulfide) groups is 1. The fourth-order valence-corrected chi connectivity index (χ4v) is 4.80. The Morgan fingerprint density at radius 2 is 1.97 bits per heavy atom. The molecule has 0 bridgehead atoms.